The molecule has 0 aliphatic carbocycles. The van der Waals surface area contributed by atoms with E-state index >= 15 is 0 Å². The molecule has 1 aromatic rings. The van der Waals surface area contributed by atoms with Gasteiger partial charge in [-0.25, -0.2) is 9.00 Å². The summed E-state index contributed by atoms with van der Waals surface area (Å²) in [5.41, 5.74) is -1.95. The van der Waals surface area contributed by atoms with Crippen LogP contribution in [0.25, 0.3) is 0 Å². The molecule has 106 valence electrons. The monoisotopic (exact) mass is 298 g/mol. The standard InChI is InChI=1S/C9H8F3NO5S/c10-9(11,12)5-1-2-7(6(3-5)8(14)15)13-4-18-19(16)17/h1-3,13H,4H2,(H,14,15)(H,16,17)/p-1. The third-order valence-corrected chi connectivity index (χ3v) is 2.31. The van der Waals surface area contributed by atoms with Gasteiger partial charge in [0.25, 0.3) is 0 Å². The number of hydrogen-bond donors (Lipinski definition) is 2. The second-order valence-electron chi connectivity index (χ2n) is 3.21. The predicted octanol–water partition coefficient (Wildman–Crippen LogP) is 1.58. The van der Waals surface area contributed by atoms with Crippen LogP contribution in [0.5, 0.6) is 0 Å². The predicted molar refractivity (Wildman–Crippen MR) is 56.9 cm³/mol. The molecular formula is C9H7F3NO5S-. The maximum absolute atomic E-state index is 12.4. The van der Waals surface area contributed by atoms with Crippen molar-refractivity contribution in [2.24, 2.45) is 0 Å². The van der Waals surface area contributed by atoms with Crippen molar-refractivity contribution in [3.63, 3.8) is 0 Å². The zero-order valence-corrected chi connectivity index (χ0v) is 9.88. The number of aromatic carboxylic acids is 1. The topological polar surface area (TPSA) is 98.7 Å². The smallest absolute Gasteiger partial charge is 0.416 e. The molecule has 6 nitrogen and oxygen atoms in total. The molecular weight excluding hydrogens is 291 g/mol. The maximum atomic E-state index is 12.4. The Morgan fingerprint density at radius 3 is 2.58 bits per heavy atom. The summed E-state index contributed by atoms with van der Waals surface area (Å²) in [5, 5.41) is 11.0. The molecule has 1 rings (SSSR count). The highest BCUT2D eigenvalue weighted by atomic mass is 32.2. The molecule has 0 bridgehead atoms. The summed E-state index contributed by atoms with van der Waals surface area (Å²) in [7, 11) is 0. The number of halogens is 3. The summed E-state index contributed by atoms with van der Waals surface area (Å²) in [6, 6.07) is 1.99. The number of nitrogens with one attached hydrogen (secondary N) is 1. The first kappa shape index (κ1) is 15.4. The molecule has 10 heteroatoms. The average Bonchev–Trinajstić information content (AvgIpc) is 2.27. The number of carbonyl (C=O) groups is 1. The van der Waals surface area contributed by atoms with Crippen molar-refractivity contribution in [3.8, 4) is 0 Å². The van der Waals surface area contributed by atoms with Crippen molar-refractivity contribution in [1.29, 1.82) is 0 Å². The van der Waals surface area contributed by atoms with Gasteiger partial charge in [-0.2, -0.15) is 13.2 Å². The van der Waals surface area contributed by atoms with E-state index < -0.39 is 41.4 Å². The van der Waals surface area contributed by atoms with Gasteiger partial charge in [0.15, 0.2) is 0 Å². The Bertz CT molecular complexity index is 505. The van der Waals surface area contributed by atoms with Crippen molar-refractivity contribution >= 4 is 23.0 Å². The largest absolute Gasteiger partial charge is 0.750 e. The lowest BCUT2D eigenvalue weighted by Crippen LogP contribution is -2.13. The number of carboxylic acid groups (broad SMARTS) is 1. The normalized spacial score (nSPS) is 13.1. The van der Waals surface area contributed by atoms with Crippen LogP contribution in [0.2, 0.25) is 0 Å². The van der Waals surface area contributed by atoms with Gasteiger partial charge in [-0.1, -0.05) is 0 Å². The highest BCUT2D eigenvalue weighted by Crippen LogP contribution is 2.31. The minimum absolute atomic E-state index is 0.189. The quantitative estimate of drug-likeness (QED) is 0.632. The van der Waals surface area contributed by atoms with Gasteiger partial charge in [-0.3, -0.25) is 4.18 Å². The number of rotatable bonds is 5. The molecule has 0 radical (unpaired) electrons. The zero-order valence-electron chi connectivity index (χ0n) is 9.06. The molecule has 0 saturated heterocycles. The molecule has 0 aliphatic rings. The maximum Gasteiger partial charge on any atom is 0.416 e. The van der Waals surface area contributed by atoms with Gasteiger partial charge in [-0.05, 0) is 18.2 Å². The number of carboxylic acids is 1. The minimum Gasteiger partial charge on any atom is -0.750 e. The molecule has 0 fully saturated rings. The first-order chi connectivity index (χ1) is 8.71. The van der Waals surface area contributed by atoms with Crippen LogP contribution >= 0.6 is 0 Å². The first-order valence-electron chi connectivity index (χ1n) is 4.62. The van der Waals surface area contributed by atoms with Crippen molar-refractivity contribution in [2.45, 2.75) is 6.18 Å². The molecule has 0 aliphatic heterocycles. The molecule has 19 heavy (non-hydrogen) atoms. The summed E-state index contributed by atoms with van der Waals surface area (Å²) in [4.78, 5) is 10.8. The van der Waals surface area contributed by atoms with Crippen molar-refractivity contribution < 1.29 is 36.0 Å². The van der Waals surface area contributed by atoms with Crippen LogP contribution in [-0.4, -0.2) is 26.6 Å². The Morgan fingerprint density at radius 1 is 1.47 bits per heavy atom. The zero-order chi connectivity index (χ0) is 14.6. The van der Waals surface area contributed by atoms with Crippen LogP contribution in [0.3, 0.4) is 0 Å². The van der Waals surface area contributed by atoms with Crippen molar-refractivity contribution in [3.05, 3.63) is 29.3 Å². The van der Waals surface area contributed by atoms with Gasteiger partial charge in [0.05, 0.1) is 28.2 Å². The molecule has 0 aromatic heterocycles. The van der Waals surface area contributed by atoms with E-state index in [9.17, 15) is 26.7 Å². The van der Waals surface area contributed by atoms with Crippen LogP contribution in [0.4, 0.5) is 18.9 Å². The van der Waals surface area contributed by atoms with E-state index in [1.165, 1.54) is 0 Å². The Morgan fingerprint density at radius 2 is 2.11 bits per heavy atom. The van der Waals surface area contributed by atoms with Crippen LogP contribution in [-0.2, 0) is 21.7 Å². The molecule has 1 unspecified atom stereocenters. The Hall–Kier alpha value is -1.65. The van der Waals surface area contributed by atoms with E-state index in [1.807, 2.05) is 0 Å². The average molecular weight is 298 g/mol. The third kappa shape index (κ3) is 4.50. The molecule has 0 spiro atoms. The molecule has 0 saturated carbocycles. The SMILES string of the molecule is O=C(O)c1cc(C(F)(F)F)ccc1NCOS(=O)[O-]. The highest BCUT2D eigenvalue weighted by molar-refractivity contribution is 7.74. The lowest BCUT2D eigenvalue weighted by atomic mass is 10.1. The Labute approximate surface area is 107 Å². The van der Waals surface area contributed by atoms with E-state index in [4.69, 9.17) is 5.11 Å². The number of alkyl halides is 3. The summed E-state index contributed by atoms with van der Waals surface area (Å²) < 4.78 is 61.4. The highest BCUT2D eigenvalue weighted by Gasteiger charge is 2.31. The fourth-order valence-corrected chi connectivity index (χ4v) is 1.36. The summed E-state index contributed by atoms with van der Waals surface area (Å²) in [6.07, 6.45) is -4.67. The summed E-state index contributed by atoms with van der Waals surface area (Å²) in [6.45, 7) is -0.595. The van der Waals surface area contributed by atoms with Gasteiger partial charge < -0.3 is 15.0 Å². The van der Waals surface area contributed by atoms with Crippen molar-refractivity contribution in [2.75, 3.05) is 12.0 Å². The molecule has 1 atom stereocenters. The Balaban J connectivity index is 2.99. The van der Waals surface area contributed by atoms with E-state index in [1.54, 1.807) is 0 Å². The number of benzene rings is 1. The van der Waals surface area contributed by atoms with Crippen molar-refractivity contribution in [1.82, 2.24) is 0 Å². The van der Waals surface area contributed by atoms with Gasteiger partial charge >= 0.3 is 12.1 Å². The first-order valence-corrected chi connectivity index (χ1v) is 5.62. The van der Waals surface area contributed by atoms with Gasteiger partial charge in [0.2, 0.25) is 0 Å². The minimum atomic E-state index is -4.67. The molecule has 0 amide bonds. The summed E-state index contributed by atoms with van der Waals surface area (Å²) in [5.74, 6) is -1.59. The molecule has 1 aromatic carbocycles. The summed E-state index contributed by atoms with van der Waals surface area (Å²) >= 11 is -2.81. The van der Waals surface area contributed by atoms with Crippen LogP contribution in [0.1, 0.15) is 15.9 Å². The third-order valence-electron chi connectivity index (χ3n) is 2.00. The van der Waals surface area contributed by atoms with Crippen LogP contribution in [0, 0.1) is 0 Å². The number of anilines is 1. The van der Waals surface area contributed by atoms with Gasteiger partial charge in [0, 0.05) is 0 Å². The molecule has 0 heterocycles. The second kappa shape index (κ2) is 5.99. The number of hydrogen-bond acceptors (Lipinski definition) is 5. The van der Waals surface area contributed by atoms with E-state index in [2.05, 4.69) is 9.50 Å². The fraction of sp³-hybridized carbons (Fsp3) is 0.222. The van der Waals surface area contributed by atoms with E-state index in [-0.39, 0.29) is 5.69 Å². The van der Waals surface area contributed by atoms with Crippen LogP contribution < -0.4 is 5.32 Å². The lowest BCUT2D eigenvalue weighted by Gasteiger charge is -2.13. The Kier molecular flexibility index (Phi) is 4.86. The van der Waals surface area contributed by atoms with E-state index in [0.29, 0.717) is 12.1 Å². The van der Waals surface area contributed by atoms with Crippen LogP contribution in [0.15, 0.2) is 18.2 Å². The fourth-order valence-electron chi connectivity index (χ4n) is 1.21. The second-order valence-corrected chi connectivity index (χ2v) is 3.85. The van der Waals surface area contributed by atoms with Gasteiger partial charge in [0.1, 0.15) is 6.73 Å². The molecule has 2 N–H and O–H groups in total. The lowest BCUT2D eigenvalue weighted by molar-refractivity contribution is -0.137. The van der Waals surface area contributed by atoms with E-state index in [0.717, 1.165) is 6.07 Å². The van der Waals surface area contributed by atoms with Gasteiger partial charge in [-0.15, -0.1) is 0 Å².